The Morgan fingerprint density at radius 2 is 2.00 bits per heavy atom. The number of carbonyl (C=O) groups excluding carboxylic acids is 1. The van der Waals surface area contributed by atoms with Crippen LogP contribution in [0.25, 0.3) is 0 Å². The van der Waals surface area contributed by atoms with Crippen LogP contribution in [0.2, 0.25) is 0 Å². The predicted molar refractivity (Wildman–Crippen MR) is 103 cm³/mol. The first kappa shape index (κ1) is 18.4. The van der Waals surface area contributed by atoms with Gasteiger partial charge in [0.05, 0.1) is 5.69 Å². The number of carbonyl (C=O) groups is 1. The molecule has 0 radical (unpaired) electrons. The molecule has 1 heterocycles. The van der Waals surface area contributed by atoms with E-state index in [0.29, 0.717) is 11.8 Å². The molecule has 2 aliphatic rings. The van der Waals surface area contributed by atoms with Gasteiger partial charge in [0.2, 0.25) is 5.91 Å². The van der Waals surface area contributed by atoms with Crippen LogP contribution >= 0.6 is 11.3 Å². The summed E-state index contributed by atoms with van der Waals surface area (Å²) in [5, 5.41) is 4.62. The van der Waals surface area contributed by atoms with Gasteiger partial charge in [0.1, 0.15) is 16.6 Å². The molecule has 1 N–H and O–H groups in total. The van der Waals surface area contributed by atoms with E-state index in [1.165, 1.54) is 30.7 Å². The molecule has 1 aromatic carbocycles. The number of para-hydroxylation sites is 1. The highest BCUT2D eigenvalue weighted by atomic mass is 32.2. The largest absolute Gasteiger partial charge is 0.352 e. The number of hydrogen-bond acceptors (Lipinski definition) is 4. The first-order valence-corrected chi connectivity index (χ1v) is 11.4. The Morgan fingerprint density at radius 1 is 1.19 bits per heavy atom. The summed E-state index contributed by atoms with van der Waals surface area (Å²) in [5.74, 6) is 0.0777. The van der Waals surface area contributed by atoms with Gasteiger partial charge in [-0.2, -0.15) is 0 Å². The van der Waals surface area contributed by atoms with Crippen molar-refractivity contribution in [2.45, 2.75) is 35.9 Å². The van der Waals surface area contributed by atoms with Crippen LogP contribution in [-0.2, 0) is 14.8 Å². The molecule has 2 aliphatic carbocycles. The van der Waals surface area contributed by atoms with Gasteiger partial charge in [0.25, 0.3) is 10.0 Å². The van der Waals surface area contributed by atoms with Gasteiger partial charge in [-0.15, -0.1) is 11.3 Å². The molecule has 3 unspecified atom stereocenters. The van der Waals surface area contributed by atoms with E-state index in [2.05, 4.69) is 5.32 Å². The minimum Gasteiger partial charge on any atom is -0.352 e. The summed E-state index contributed by atoms with van der Waals surface area (Å²) in [6, 6.07) is 8.80. The van der Waals surface area contributed by atoms with Crippen LogP contribution in [0, 0.1) is 17.7 Å². The second-order valence-electron chi connectivity index (χ2n) is 7.24. The highest BCUT2D eigenvalue weighted by molar-refractivity contribution is 7.94. The Balaban J connectivity index is 1.58. The minimum absolute atomic E-state index is 0.0819. The maximum Gasteiger partial charge on any atom is 0.274 e. The molecule has 0 aliphatic heterocycles. The van der Waals surface area contributed by atoms with Crippen LogP contribution in [0.5, 0.6) is 0 Å². The average Bonchev–Trinajstić information content (AvgIpc) is 3.38. The average molecular weight is 409 g/mol. The molecular formula is C19H21FN2O3S2. The molecule has 2 bridgehead atoms. The summed E-state index contributed by atoms with van der Waals surface area (Å²) >= 11 is 1.04. The summed E-state index contributed by atoms with van der Waals surface area (Å²) in [6.45, 7) is -0.435. The van der Waals surface area contributed by atoms with Crippen LogP contribution in [0.3, 0.4) is 0 Å². The van der Waals surface area contributed by atoms with Crippen LogP contribution in [0.15, 0.2) is 46.0 Å². The van der Waals surface area contributed by atoms with Gasteiger partial charge >= 0.3 is 0 Å². The van der Waals surface area contributed by atoms with Crippen molar-refractivity contribution in [3.05, 3.63) is 47.6 Å². The number of benzene rings is 1. The number of fused-ring (bicyclic) bond motifs is 2. The lowest BCUT2D eigenvalue weighted by atomic mass is 9.95. The molecule has 2 saturated carbocycles. The number of anilines is 1. The van der Waals surface area contributed by atoms with Crippen molar-refractivity contribution in [3.63, 3.8) is 0 Å². The smallest absolute Gasteiger partial charge is 0.274 e. The number of halogens is 1. The summed E-state index contributed by atoms with van der Waals surface area (Å²) < 4.78 is 41.4. The molecule has 5 nitrogen and oxygen atoms in total. The molecule has 0 saturated heterocycles. The number of rotatable bonds is 6. The molecule has 2 aromatic rings. The third kappa shape index (κ3) is 3.60. The first-order chi connectivity index (χ1) is 12.9. The molecule has 8 heteroatoms. The molecule has 1 amide bonds. The zero-order chi connectivity index (χ0) is 19.0. The molecule has 0 spiro atoms. The van der Waals surface area contributed by atoms with Crippen molar-refractivity contribution in [3.8, 4) is 0 Å². The second kappa shape index (κ2) is 7.24. The Hall–Kier alpha value is -1.93. The van der Waals surface area contributed by atoms with Crippen molar-refractivity contribution >= 4 is 33.0 Å². The van der Waals surface area contributed by atoms with E-state index in [1.54, 1.807) is 17.5 Å². The normalized spacial score (nSPS) is 24.1. The molecule has 27 heavy (non-hydrogen) atoms. The monoisotopic (exact) mass is 408 g/mol. The fourth-order valence-corrected chi connectivity index (χ4v) is 6.81. The number of amides is 1. The predicted octanol–water partition coefficient (Wildman–Crippen LogP) is 3.39. The first-order valence-electron chi connectivity index (χ1n) is 9.05. The fraction of sp³-hybridized carbons (Fsp3) is 0.421. The van der Waals surface area contributed by atoms with E-state index in [9.17, 15) is 17.6 Å². The third-order valence-electron chi connectivity index (χ3n) is 5.53. The van der Waals surface area contributed by atoms with Crippen molar-refractivity contribution in [1.82, 2.24) is 5.32 Å². The maximum atomic E-state index is 14.4. The molecule has 1 aromatic heterocycles. The molecule has 144 valence electrons. The van der Waals surface area contributed by atoms with Crippen molar-refractivity contribution < 1.29 is 17.6 Å². The lowest BCUT2D eigenvalue weighted by Gasteiger charge is -2.27. The van der Waals surface area contributed by atoms with Crippen LogP contribution in [0.1, 0.15) is 25.7 Å². The van der Waals surface area contributed by atoms with Gasteiger partial charge in [-0.1, -0.05) is 24.6 Å². The van der Waals surface area contributed by atoms with Gasteiger partial charge in [-0.25, -0.2) is 12.8 Å². The van der Waals surface area contributed by atoms with Gasteiger partial charge in [0.15, 0.2) is 0 Å². The highest BCUT2D eigenvalue weighted by Gasteiger charge is 2.40. The maximum absolute atomic E-state index is 14.4. The van der Waals surface area contributed by atoms with E-state index in [4.69, 9.17) is 0 Å². The number of thiophene rings is 1. The Bertz CT molecular complexity index is 930. The van der Waals surface area contributed by atoms with E-state index in [1.807, 2.05) is 0 Å². The molecular weight excluding hydrogens is 387 g/mol. The molecule has 4 rings (SSSR count). The highest BCUT2D eigenvalue weighted by Crippen LogP contribution is 2.44. The number of hydrogen-bond donors (Lipinski definition) is 1. The number of sulfonamides is 1. The zero-order valence-corrected chi connectivity index (χ0v) is 16.3. The summed E-state index contributed by atoms with van der Waals surface area (Å²) in [5.41, 5.74) is -0.117. The Morgan fingerprint density at radius 3 is 2.63 bits per heavy atom. The molecule has 3 atom stereocenters. The lowest BCUT2D eigenvalue weighted by Crippen LogP contribution is -2.46. The van der Waals surface area contributed by atoms with Crippen LogP contribution in [-0.4, -0.2) is 26.9 Å². The van der Waals surface area contributed by atoms with E-state index in [-0.39, 0.29) is 15.9 Å². The Labute approximate surface area is 162 Å². The second-order valence-corrected chi connectivity index (χ2v) is 10.3. The van der Waals surface area contributed by atoms with Crippen LogP contribution in [0.4, 0.5) is 10.1 Å². The quantitative estimate of drug-likeness (QED) is 0.797. The van der Waals surface area contributed by atoms with Gasteiger partial charge in [-0.05, 0) is 54.7 Å². The van der Waals surface area contributed by atoms with Crippen molar-refractivity contribution in [2.75, 3.05) is 10.8 Å². The van der Waals surface area contributed by atoms with Gasteiger partial charge in [0, 0.05) is 6.04 Å². The van der Waals surface area contributed by atoms with E-state index >= 15 is 0 Å². The van der Waals surface area contributed by atoms with Gasteiger partial charge < -0.3 is 5.32 Å². The number of nitrogens with zero attached hydrogens (tertiary/aromatic N) is 1. The standard InChI is InChI=1S/C19H21FN2O3S2/c20-15-4-1-2-5-17(15)22(27(24,25)19-6-3-9-26-19)12-18(23)21-16-11-13-7-8-14(16)10-13/h1-6,9,13-14,16H,7-8,10-12H2,(H,21,23). The van der Waals surface area contributed by atoms with E-state index in [0.717, 1.165) is 34.9 Å². The van der Waals surface area contributed by atoms with Crippen molar-refractivity contribution in [2.24, 2.45) is 11.8 Å². The van der Waals surface area contributed by atoms with E-state index < -0.39 is 28.3 Å². The lowest BCUT2D eigenvalue weighted by molar-refractivity contribution is -0.120. The van der Waals surface area contributed by atoms with Crippen molar-refractivity contribution in [1.29, 1.82) is 0 Å². The molecule has 2 fully saturated rings. The van der Waals surface area contributed by atoms with Gasteiger partial charge in [-0.3, -0.25) is 9.10 Å². The third-order valence-corrected chi connectivity index (χ3v) is 8.67. The van der Waals surface area contributed by atoms with Crippen LogP contribution < -0.4 is 9.62 Å². The zero-order valence-electron chi connectivity index (χ0n) is 14.7. The summed E-state index contributed by atoms with van der Waals surface area (Å²) in [6.07, 6.45) is 4.41. The summed E-state index contributed by atoms with van der Waals surface area (Å²) in [4.78, 5) is 12.7. The Kier molecular flexibility index (Phi) is 4.94. The summed E-state index contributed by atoms with van der Waals surface area (Å²) in [7, 11) is -4.02. The topological polar surface area (TPSA) is 66.5 Å². The minimum atomic E-state index is -4.02. The fourth-order valence-electron chi connectivity index (χ4n) is 4.28. The number of nitrogens with one attached hydrogen (secondary N) is 1. The SMILES string of the molecule is O=C(CN(c1ccccc1F)S(=O)(=O)c1cccs1)NC1CC2CCC1C2.